The van der Waals surface area contributed by atoms with Crippen molar-refractivity contribution in [1.29, 1.82) is 0 Å². The first-order valence-electron chi connectivity index (χ1n) is 10.9. The summed E-state index contributed by atoms with van der Waals surface area (Å²) in [5.74, 6) is 0.334. The van der Waals surface area contributed by atoms with E-state index in [9.17, 15) is 14.0 Å². The van der Waals surface area contributed by atoms with Gasteiger partial charge >= 0.3 is 6.03 Å². The molecule has 1 N–H and O–H groups in total. The fourth-order valence-electron chi connectivity index (χ4n) is 3.95. The minimum atomic E-state index is -0.332. The van der Waals surface area contributed by atoms with Crippen molar-refractivity contribution in [3.8, 4) is 11.5 Å². The molecule has 0 radical (unpaired) electrons. The molecule has 1 saturated heterocycles. The van der Waals surface area contributed by atoms with Crippen LogP contribution in [0.4, 0.5) is 20.6 Å². The second-order valence-electron chi connectivity index (χ2n) is 7.88. The lowest BCUT2D eigenvalue weighted by Gasteiger charge is -2.36. The number of hydrogen-bond donors (Lipinski definition) is 1. The van der Waals surface area contributed by atoms with Gasteiger partial charge in [-0.05, 0) is 54.4 Å². The zero-order chi connectivity index (χ0) is 24.1. The van der Waals surface area contributed by atoms with Crippen LogP contribution in [0.3, 0.4) is 0 Å². The molecule has 1 fully saturated rings. The highest BCUT2D eigenvalue weighted by Gasteiger charge is 2.28. The molecule has 0 atom stereocenters. The van der Waals surface area contributed by atoms with E-state index in [-0.39, 0.29) is 17.8 Å². The first kappa shape index (κ1) is 23.1. The van der Waals surface area contributed by atoms with Crippen LogP contribution in [0.2, 0.25) is 0 Å². The Labute approximate surface area is 197 Å². The number of methoxy groups -OCH3 is 2. The number of anilines is 2. The van der Waals surface area contributed by atoms with Crippen molar-refractivity contribution in [2.45, 2.75) is 13.0 Å². The summed E-state index contributed by atoms with van der Waals surface area (Å²) in [7, 11) is 3.04. The summed E-state index contributed by atoms with van der Waals surface area (Å²) in [5.41, 5.74) is 2.39. The van der Waals surface area contributed by atoms with E-state index in [1.54, 1.807) is 52.3 Å². The standard InChI is InChI=1S/C26H26FN3O4/c1-33-23-13-10-19(16-24(23)34-2)25(31)28-21-6-3-4-7-22(21)30-15-5-14-29(26(30)32)17-18-8-11-20(27)12-9-18/h3-4,6-13,16H,5,14-15,17H2,1-2H3,(H,28,31). The van der Waals surface area contributed by atoms with Crippen LogP contribution >= 0.6 is 0 Å². The molecule has 7 nitrogen and oxygen atoms in total. The average Bonchev–Trinajstić information content (AvgIpc) is 2.86. The van der Waals surface area contributed by atoms with Gasteiger partial charge in [0.2, 0.25) is 0 Å². The lowest BCUT2D eigenvalue weighted by atomic mass is 10.1. The molecule has 34 heavy (non-hydrogen) atoms. The fourth-order valence-corrected chi connectivity index (χ4v) is 3.95. The number of ether oxygens (including phenoxy) is 2. The number of para-hydroxylation sites is 2. The third-order valence-corrected chi connectivity index (χ3v) is 5.69. The smallest absolute Gasteiger partial charge is 0.324 e. The van der Waals surface area contributed by atoms with E-state index in [0.717, 1.165) is 12.0 Å². The number of benzene rings is 3. The summed E-state index contributed by atoms with van der Waals surface area (Å²) in [6.07, 6.45) is 0.769. The molecule has 3 aromatic rings. The van der Waals surface area contributed by atoms with E-state index in [2.05, 4.69) is 5.32 Å². The molecule has 176 valence electrons. The van der Waals surface area contributed by atoms with Crippen molar-refractivity contribution in [2.24, 2.45) is 0 Å². The molecule has 0 unspecified atom stereocenters. The van der Waals surface area contributed by atoms with E-state index in [0.29, 0.717) is 48.1 Å². The third kappa shape index (κ3) is 4.96. The number of carbonyl (C=O) groups is 2. The Morgan fingerprint density at radius 1 is 0.971 bits per heavy atom. The molecule has 0 bridgehead atoms. The van der Waals surface area contributed by atoms with Gasteiger partial charge < -0.3 is 19.7 Å². The number of nitrogens with one attached hydrogen (secondary N) is 1. The van der Waals surface area contributed by atoms with Gasteiger partial charge in [-0.25, -0.2) is 9.18 Å². The first-order valence-corrected chi connectivity index (χ1v) is 10.9. The Hall–Kier alpha value is -4.07. The second kappa shape index (κ2) is 10.2. The topological polar surface area (TPSA) is 71.1 Å². The Morgan fingerprint density at radius 3 is 2.44 bits per heavy atom. The summed E-state index contributed by atoms with van der Waals surface area (Å²) >= 11 is 0. The van der Waals surface area contributed by atoms with Crippen LogP contribution in [0.5, 0.6) is 11.5 Å². The van der Waals surface area contributed by atoms with Gasteiger partial charge in [0.1, 0.15) is 5.82 Å². The Bertz CT molecular complexity index is 1180. The first-order chi connectivity index (χ1) is 16.5. The Balaban J connectivity index is 1.54. The summed E-state index contributed by atoms with van der Waals surface area (Å²) in [6.45, 7) is 1.52. The van der Waals surface area contributed by atoms with Crippen molar-refractivity contribution < 1.29 is 23.5 Å². The molecule has 3 amide bonds. The number of amides is 3. The monoisotopic (exact) mass is 463 g/mol. The van der Waals surface area contributed by atoms with Crippen LogP contribution in [-0.2, 0) is 6.54 Å². The van der Waals surface area contributed by atoms with Crippen LogP contribution in [0.25, 0.3) is 0 Å². The summed E-state index contributed by atoms with van der Waals surface area (Å²) in [4.78, 5) is 29.7. The molecule has 4 rings (SSSR count). The quantitative estimate of drug-likeness (QED) is 0.540. The molecule has 0 aliphatic carbocycles. The highest BCUT2D eigenvalue weighted by atomic mass is 19.1. The van der Waals surface area contributed by atoms with E-state index in [4.69, 9.17) is 9.47 Å². The normalized spacial score (nSPS) is 13.6. The highest BCUT2D eigenvalue weighted by molar-refractivity contribution is 6.08. The van der Waals surface area contributed by atoms with Gasteiger partial charge in [0.25, 0.3) is 5.91 Å². The molecular formula is C26H26FN3O4. The van der Waals surface area contributed by atoms with Crippen LogP contribution in [0.15, 0.2) is 66.7 Å². The van der Waals surface area contributed by atoms with Crippen molar-refractivity contribution in [3.63, 3.8) is 0 Å². The lowest BCUT2D eigenvalue weighted by Crippen LogP contribution is -2.49. The van der Waals surface area contributed by atoms with Gasteiger partial charge in [-0.2, -0.15) is 0 Å². The highest BCUT2D eigenvalue weighted by Crippen LogP contribution is 2.31. The molecule has 1 aliphatic heterocycles. The maximum atomic E-state index is 13.3. The number of hydrogen-bond acceptors (Lipinski definition) is 4. The Morgan fingerprint density at radius 2 is 1.71 bits per heavy atom. The van der Waals surface area contributed by atoms with Crippen LogP contribution < -0.4 is 19.7 Å². The minimum Gasteiger partial charge on any atom is -0.493 e. The van der Waals surface area contributed by atoms with Gasteiger partial charge in [0.15, 0.2) is 11.5 Å². The molecule has 1 heterocycles. The predicted molar refractivity (Wildman–Crippen MR) is 128 cm³/mol. The molecular weight excluding hydrogens is 437 g/mol. The van der Waals surface area contributed by atoms with Crippen molar-refractivity contribution >= 4 is 23.3 Å². The van der Waals surface area contributed by atoms with Gasteiger partial charge in [-0.15, -0.1) is 0 Å². The van der Waals surface area contributed by atoms with Gasteiger partial charge in [-0.3, -0.25) is 9.69 Å². The summed E-state index contributed by atoms with van der Waals surface area (Å²) in [6, 6.07) is 18.1. The zero-order valence-electron chi connectivity index (χ0n) is 19.1. The molecule has 8 heteroatoms. The minimum absolute atomic E-state index is 0.164. The largest absolute Gasteiger partial charge is 0.493 e. The molecule has 3 aromatic carbocycles. The van der Waals surface area contributed by atoms with Gasteiger partial charge in [-0.1, -0.05) is 24.3 Å². The molecule has 1 aliphatic rings. The number of rotatable bonds is 7. The maximum absolute atomic E-state index is 13.3. The fraction of sp³-hybridized carbons (Fsp3) is 0.231. The van der Waals surface area contributed by atoms with Crippen LogP contribution in [0, 0.1) is 5.82 Å². The van der Waals surface area contributed by atoms with Gasteiger partial charge in [0, 0.05) is 25.2 Å². The number of halogens is 1. The third-order valence-electron chi connectivity index (χ3n) is 5.69. The second-order valence-corrected chi connectivity index (χ2v) is 7.88. The van der Waals surface area contributed by atoms with Crippen molar-refractivity contribution in [2.75, 3.05) is 37.5 Å². The molecule has 0 spiro atoms. The number of carbonyl (C=O) groups excluding carboxylic acids is 2. The lowest BCUT2D eigenvalue weighted by molar-refractivity contribution is 0.102. The summed E-state index contributed by atoms with van der Waals surface area (Å²) < 4.78 is 23.8. The number of nitrogens with zero attached hydrogens (tertiary/aromatic N) is 2. The Kier molecular flexibility index (Phi) is 6.96. The van der Waals surface area contributed by atoms with Crippen molar-refractivity contribution in [1.82, 2.24) is 4.90 Å². The maximum Gasteiger partial charge on any atom is 0.324 e. The van der Waals surface area contributed by atoms with Crippen molar-refractivity contribution in [3.05, 3.63) is 83.7 Å². The SMILES string of the molecule is COc1ccc(C(=O)Nc2ccccc2N2CCCN(Cc3ccc(F)cc3)C2=O)cc1OC. The van der Waals surface area contributed by atoms with E-state index < -0.39 is 0 Å². The average molecular weight is 464 g/mol. The summed E-state index contributed by atoms with van der Waals surface area (Å²) in [5, 5.41) is 2.91. The van der Waals surface area contributed by atoms with Crippen LogP contribution in [-0.4, -0.2) is 44.1 Å². The molecule has 0 aromatic heterocycles. The number of urea groups is 1. The molecule has 0 saturated carbocycles. The predicted octanol–water partition coefficient (Wildman–Crippen LogP) is 4.93. The van der Waals surface area contributed by atoms with E-state index >= 15 is 0 Å². The van der Waals surface area contributed by atoms with Crippen LogP contribution in [0.1, 0.15) is 22.3 Å². The van der Waals surface area contributed by atoms with Gasteiger partial charge in [0.05, 0.1) is 25.6 Å². The van der Waals surface area contributed by atoms with E-state index in [1.165, 1.54) is 26.4 Å². The zero-order valence-corrected chi connectivity index (χ0v) is 19.1. The van der Waals surface area contributed by atoms with E-state index in [1.807, 2.05) is 12.1 Å².